The summed E-state index contributed by atoms with van der Waals surface area (Å²) in [7, 11) is -3.14. The highest BCUT2D eigenvalue weighted by molar-refractivity contribution is 7.90. The second-order valence-corrected chi connectivity index (χ2v) is 7.53. The summed E-state index contributed by atoms with van der Waals surface area (Å²) >= 11 is 5.89. The standard InChI is InChI=1S/C13H20ClN3O3S/c1-4-5-15-12-7-10(6-11(14)17-12)13(18)16-9(2)8-21(3,19)20/h6-7,9H,4-5,8H2,1-3H3,(H,15,17)(H,16,18). The van der Waals surface area contributed by atoms with Crippen molar-refractivity contribution in [3.63, 3.8) is 0 Å². The molecule has 8 heteroatoms. The molecule has 118 valence electrons. The van der Waals surface area contributed by atoms with E-state index in [-0.39, 0.29) is 16.8 Å². The van der Waals surface area contributed by atoms with Gasteiger partial charge in [-0.3, -0.25) is 4.79 Å². The van der Waals surface area contributed by atoms with Crippen LogP contribution in [0.3, 0.4) is 0 Å². The number of halogens is 1. The van der Waals surface area contributed by atoms with E-state index in [1.165, 1.54) is 6.07 Å². The average molecular weight is 334 g/mol. The van der Waals surface area contributed by atoms with Gasteiger partial charge in [0.2, 0.25) is 0 Å². The number of hydrogen-bond donors (Lipinski definition) is 2. The molecule has 0 saturated heterocycles. The molecule has 1 amide bonds. The van der Waals surface area contributed by atoms with E-state index in [0.717, 1.165) is 19.2 Å². The quantitative estimate of drug-likeness (QED) is 0.742. The molecule has 1 unspecified atom stereocenters. The van der Waals surface area contributed by atoms with Crippen LogP contribution in [-0.2, 0) is 9.84 Å². The first kappa shape index (κ1) is 17.7. The second-order valence-electron chi connectivity index (χ2n) is 4.96. The summed E-state index contributed by atoms with van der Waals surface area (Å²) < 4.78 is 22.4. The van der Waals surface area contributed by atoms with Crippen LogP contribution in [0.4, 0.5) is 5.82 Å². The number of anilines is 1. The van der Waals surface area contributed by atoms with Crippen LogP contribution in [0.2, 0.25) is 5.15 Å². The van der Waals surface area contributed by atoms with Gasteiger partial charge < -0.3 is 10.6 Å². The van der Waals surface area contributed by atoms with Crippen LogP contribution in [0, 0.1) is 0 Å². The van der Waals surface area contributed by atoms with Crippen molar-refractivity contribution in [2.45, 2.75) is 26.3 Å². The van der Waals surface area contributed by atoms with Crippen molar-refractivity contribution in [1.82, 2.24) is 10.3 Å². The molecule has 1 heterocycles. The van der Waals surface area contributed by atoms with E-state index in [2.05, 4.69) is 15.6 Å². The van der Waals surface area contributed by atoms with Crippen molar-refractivity contribution in [3.8, 4) is 0 Å². The summed E-state index contributed by atoms with van der Waals surface area (Å²) in [6.45, 7) is 4.37. The maximum atomic E-state index is 12.1. The Morgan fingerprint density at radius 1 is 1.43 bits per heavy atom. The van der Waals surface area contributed by atoms with E-state index in [1.54, 1.807) is 13.0 Å². The van der Waals surface area contributed by atoms with Gasteiger partial charge in [-0.15, -0.1) is 0 Å². The zero-order valence-corrected chi connectivity index (χ0v) is 13.9. The Balaban J connectivity index is 2.79. The maximum absolute atomic E-state index is 12.1. The van der Waals surface area contributed by atoms with Gasteiger partial charge >= 0.3 is 0 Å². The Morgan fingerprint density at radius 2 is 2.10 bits per heavy atom. The van der Waals surface area contributed by atoms with Gasteiger partial charge in [0.25, 0.3) is 5.91 Å². The fourth-order valence-corrected chi connectivity index (χ4v) is 2.97. The zero-order valence-electron chi connectivity index (χ0n) is 12.3. The number of carbonyl (C=O) groups excluding carboxylic acids is 1. The van der Waals surface area contributed by atoms with Crippen LogP contribution >= 0.6 is 11.6 Å². The molecule has 0 aliphatic carbocycles. The number of nitrogens with zero attached hydrogens (tertiary/aromatic N) is 1. The zero-order chi connectivity index (χ0) is 16.0. The molecule has 0 saturated carbocycles. The molecule has 1 aromatic heterocycles. The van der Waals surface area contributed by atoms with E-state index in [9.17, 15) is 13.2 Å². The fraction of sp³-hybridized carbons (Fsp3) is 0.538. The number of amides is 1. The summed E-state index contributed by atoms with van der Waals surface area (Å²) in [6, 6.07) is 2.55. The van der Waals surface area contributed by atoms with Gasteiger partial charge in [-0.05, 0) is 25.5 Å². The Kier molecular flexibility index (Phi) is 6.42. The largest absolute Gasteiger partial charge is 0.370 e. The van der Waals surface area contributed by atoms with Gasteiger partial charge in [-0.1, -0.05) is 18.5 Å². The molecule has 2 N–H and O–H groups in total. The molecule has 0 aliphatic heterocycles. The van der Waals surface area contributed by atoms with E-state index in [4.69, 9.17) is 11.6 Å². The molecule has 0 spiro atoms. The lowest BCUT2D eigenvalue weighted by atomic mass is 10.2. The summed E-state index contributed by atoms with van der Waals surface area (Å²) in [5.41, 5.74) is 0.342. The molecule has 0 aliphatic rings. The first-order valence-corrected chi connectivity index (χ1v) is 9.05. The summed E-state index contributed by atoms with van der Waals surface area (Å²) in [5.74, 6) is 0.0265. The lowest BCUT2D eigenvalue weighted by Gasteiger charge is -2.13. The van der Waals surface area contributed by atoms with Crippen molar-refractivity contribution in [2.24, 2.45) is 0 Å². The van der Waals surface area contributed by atoms with Crippen LogP contribution in [0.15, 0.2) is 12.1 Å². The highest BCUT2D eigenvalue weighted by Crippen LogP contribution is 2.14. The number of nitrogens with one attached hydrogen (secondary N) is 2. The summed E-state index contributed by atoms with van der Waals surface area (Å²) in [4.78, 5) is 16.2. The van der Waals surface area contributed by atoms with Gasteiger partial charge in [-0.2, -0.15) is 0 Å². The normalized spacial score (nSPS) is 12.8. The second kappa shape index (κ2) is 7.61. The topological polar surface area (TPSA) is 88.2 Å². The van der Waals surface area contributed by atoms with Gasteiger partial charge in [-0.25, -0.2) is 13.4 Å². The van der Waals surface area contributed by atoms with E-state index in [1.807, 2.05) is 6.92 Å². The predicted octanol–water partition coefficient (Wildman–Crippen LogP) is 1.72. The summed E-state index contributed by atoms with van der Waals surface area (Å²) in [6.07, 6.45) is 2.05. The fourth-order valence-electron chi connectivity index (χ4n) is 1.77. The minimum absolute atomic E-state index is 0.113. The van der Waals surface area contributed by atoms with Crippen LogP contribution in [-0.4, -0.2) is 43.9 Å². The molecule has 1 aromatic rings. The van der Waals surface area contributed by atoms with Gasteiger partial charge in [0.05, 0.1) is 5.75 Å². The van der Waals surface area contributed by atoms with E-state index >= 15 is 0 Å². The van der Waals surface area contributed by atoms with E-state index < -0.39 is 15.9 Å². The molecule has 0 bridgehead atoms. The third-order valence-corrected chi connectivity index (χ3v) is 3.84. The van der Waals surface area contributed by atoms with Crippen LogP contribution < -0.4 is 10.6 Å². The van der Waals surface area contributed by atoms with Crippen molar-refractivity contribution in [1.29, 1.82) is 0 Å². The van der Waals surface area contributed by atoms with Crippen LogP contribution in [0.1, 0.15) is 30.6 Å². The van der Waals surface area contributed by atoms with E-state index in [0.29, 0.717) is 11.4 Å². The Hall–Kier alpha value is -1.34. The number of aromatic nitrogens is 1. The Bertz CT molecular complexity index is 605. The Morgan fingerprint density at radius 3 is 2.67 bits per heavy atom. The number of hydrogen-bond acceptors (Lipinski definition) is 5. The van der Waals surface area contributed by atoms with Gasteiger partial charge in [0.1, 0.15) is 20.8 Å². The van der Waals surface area contributed by atoms with Crippen molar-refractivity contribution >= 4 is 33.2 Å². The third-order valence-electron chi connectivity index (χ3n) is 2.54. The SMILES string of the molecule is CCCNc1cc(C(=O)NC(C)CS(C)(=O)=O)cc(Cl)n1. The predicted molar refractivity (Wildman–Crippen MR) is 84.7 cm³/mol. The first-order chi connectivity index (χ1) is 9.71. The molecule has 21 heavy (non-hydrogen) atoms. The highest BCUT2D eigenvalue weighted by Gasteiger charge is 2.15. The number of pyridine rings is 1. The average Bonchev–Trinajstić information content (AvgIpc) is 2.33. The maximum Gasteiger partial charge on any atom is 0.251 e. The Labute approximate surface area is 130 Å². The van der Waals surface area contributed by atoms with Crippen molar-refractivity contribution in [2.75, 3.05) is 23.9 Å². The van der Waals surface area contributed by atoms with Crippen molar-refractivity contribution < 1.29 is 13.2 Å². The first-order valence-electron chi connectivity index (χ1n) is 6.61. The molecular formula is C13H20ClN3O3S. The van der Waals surface area contributed by atoms with Gasteiger partial charge in [0.15, 0.2) is 0 Å². The molecule has 1 atom stereocenters. The molecule has 0 radical (unpaired) electrons. The number of sulfone groups is 1. The molecule has 6 nitrogen and oxygen atoms in total. The number of rotatable bonds is 7. The van der Waals surface area contributed by atoms with Gasteiger partial charge in [0, 0.05) is 24.4 Å². The van der Waals surface area contributed by atoms with Crippen LogP contribution in [0.5, 0.6) is 0 Å². The molecule has 0 aromatic carbocycles. The third kappa shape index (κ3) is 6.77. The number of carbonyl (C=O) groups is 1. The smallest absolute Gasteiger partial charge is 0.251 e. The molecule has 1 rings (SSSR count). The molecular weight excluding hydrogens is 314 g/mol. The molecule has 0 fully saturated rings. The lowest BCUT2D eigenvalue weighted by Crippen LogP contribution is -2.37. The minimum atomic E-state index is -3.14. The summed E-state index contributed by atoms with van der Waals surface area (Å²) in [5, 5.41) is 5.89. The highest BCUT2D eigenvalue weighted by atomic mass is 35.5. The minimum Gasteiger partial charge on any atom is -0.370 e. The van der Waals surface area contributed by atoms with Crippen LogP contribution in [0.25, 0.3) is 0 Å². The lowest BCUT2D eigenvalue weighted by molar-refractivity contribution is 0.0943. The van der Waals surface area contributed by atoms with Crippen molar-refractivity contribution in [3.05, 3.63) is 22.8 Å². The monoisotopic (exact) mass is 333 g/mol.